The van der Waals surface area contributed by atoms with E-state index in [1.165, 1.54) is 10.6 Å². The van der Waals surface area contributed by atoms with Gasteiger partial charge < -0.3 is 14.4 Å². The molecule has 24 heavy (non-hydrogen) atoms. The minimum Gasteiger partial charge on any atom is -0.334 e. The number of nitrogens with one attached hydrogen (secondary N) is 1. The predicted octanol–water partition coefficient (Wildman–Crippen LogP) is 2.10. The van der Waals surface area contributed by atoms with Crippen molar-refractivity contribution >= 4 is 11.6 Å². The molecule has 0 bridgehead atoms. The minimum absolute atomic E-state index is 0.101. The van der Waals surface area contributed by atoms with Gasteiger partial charge in [-0.15, -0.1) is 0 Å². The van der Waals surface area contributed by atoms with Crippen molar-refractivity contribution in [3.8, 4) is 11.5 Å². The van der Waals surface area contributed by atoms with Crippen molar-refractivity contribution in [2.45, 2.75) is 19.9 Å². The molecule has 3 rings (SSSR count). The zero-order valence-corrected chi connectivity index (χ0v) is 13.1. The number of pyridine rings is 1. The molecule has 0 atom stereocenters. The summed E-state index contributed by atoms with van der Waals surface area (Å²) in [5.74, 6) is 0.619. The van der Waals surface area contributed by atoms with Gasteiger partial charge in [-0.25, -0.2) is 0 Å². The molecule has 3 aromatic rings. The maximum Gasteiger partial charge on any atom is 0.259 e. The highest BCUT2D eigenvalue weighted by molar-refractivity contribution is 5.90. The standard InChI is InChI=1S/C17H16N4O3/c1-2-14-19-17(24-20-14)12-8-9-16(23)21(10-12)11-15(22)18-13-6-4-3-5-7-13/h3-10H,2,11H2,1H3,(H,18,22). The molecule has 0 aliphatic rings. The lowest BCUT2D eigenvalue weighted by atomic mass is 10.2. The Morgan fingerprint density at radius 3 is 2.71 bits per heavy atom. The van der Waals surface area contributed by atoms with Crippen LogP contribution in [0.25, 0.3) is 11.5 Å². The van der Waals surface area contributed by atoms with Crippen molar-refractivity contribution in [3.05, 3.63) is 64.8 Å². The van der Waals surface area contributed by atoms with Gasteiger partial charge in [0.15, 0.2) is 5.82 Å². The molecule has 2 aromatic heterocycles. The van der Waals surface area contributed by atoms with Gasteiger partial charge in [0.25, 0.3) is 11.4 Å². The van der Waals surface area contributed by atoms with E-state index in [1.54, 1.807) is 24.4 Å². The van der Waals surface area contributed by atoms with Crippen LogP contribution >= 0.6 is 0 Å². The van der Waals surface area contributed by atoms with Crippen molar-refractivity contribution < 1.29 is 9.32 Å². The van der Waals surface area contributed by atoms with Gasteiger partial charge >= 0.3 is 0 Å². The molecule has 7 heteroatoms. The van der Waals surface area contributed by atoms with Crippen molar-refractivity contribution in [3.63, 3.8) is 0 Å². The third-order valence-corrected chi connectivity index (χ3v) is 3.39. The summed E-state index contributed by atoms with van der Waals surface area (Å²) in [6.07, 6.45) is 2.20. The highest BCUT2D eigenvalue weighted by atomic mass is 16.5. The molecule has 2 heterocycles. The zero-order chi connectivity index (χ0) is 16.9. The average molecular weight is 324 g/mol. The maximum absolute atomic E-state index is 12.1. The SMILES string of the molecule is CCc1noc(-c2ccc(=O)n(CC(=O)Nc3ccccc3)c2)n1. The number of hydrogen-bond donors (Lipinski definition) is 1. The molecule has 0 unspecified atom stereocenters. The van der Waals surface area contributed by atoms with Gasteiger partial charge in [0, 0.05) is 24.4 Å². The fraction of sp³-hybridized carbons (Fsp3) is 0.176. The number of anilines is 1. The van der Waals surface area contributed by atoms with Gasteiger partial charge in [0.2, 0.25) is 5.91 Å². The molecule has 1 aromatic carbocycles. The molecule has 7 nitrogen and oxygen atoms in total. The lowest BCUT2D eigenvalue weighted by Gasteiger charge is -2.08. The number of aryl methyl sites for hydroxylation is 1. The van der Waals surface area contributed by atoms with E-state index in [0.717, 1.165) is 0 Å². The topological polar surface area (TPSA) is 90.0 Å². The van der Waals surface area contributed by atoms with E-state index in [1.807, 2.05) is 25.1 Å². The van der Waals surface area contributed by atoms with E-state index >= 15 is 0 Å². The number of carbonyl (C=O) groups is 1. The van der Waals surface area contributed by atoms with Crippen LogP contribution in [0, 0.1) is 0 Å². The molecule has 0 spiro atoms. The van der Waals surface area contributed by atoms with Crippen LogP contribution in [0.3, 0.4) is 0 Å². The van der Waals surface area contributed by atoms with Crippen LogP contribution in [0.5, 0.6) is 0 Å². The van der Waals surface area contributed by atoms with Gasteiger partial charge in [-0.1, -0.05) is 30.3 Å². The van der Waals surface area contributed by atoms with Crippen molar-refractivity contribution in [2.24, 2.45) is 0 Å². The Kier molecular flexibility index (Phi) is 4.51. The summed E-state index contributed by atoms with van der Waals surface area (Å²) in [6.45, 7) is 1.82. The van der Waals surface area contributed by atoms with Gasteiger partial charge in [0.1, 0.15) is 6.54 Å². The monoisotopic (exact) mass is 324 g/mol. The van der Waals surface area contributed by atoms with E-state index in [2.05, 4.69) is 15.5 Å². The molecule has 0 aliphatic heterocycles. The van der Waals surface area contributed by atoms with Crippen LogP contribution < -0.4 is 10.9 Å². The molecular weight excluding hydrogens is 308 g/mol. The number of carbonyl (C=O) groups excluding carboxylic acids is 1. The molecule has 0 saturated carbocycles. The first-order chi connectivity index (χ1) is 11.7. The molecular formula is C17H16N4O3. The lowest BCUT2D eigenvalue weighted by molar-refractivity contribution is -0.116. The van der Waals surface area contributed by atoms with Crippen molar-refractivity contribution in [1.29, 1.82) is 0 Å². The van der Waals surface area contributed by atoms with Crippen molar-refractivity contribution in [2.75, 3.05) is 5.32 Å². The highest BCUT2D eigenvalue weighted by Crippen LogP contribution is 2.15. The Hall–Kier alpha value is -3.22. The number of amides is 1. The minimum atomic E-state index is -0.291. The van der Waals surface area contributed by atoms with Gasteiger partial charge in [-0.2, -0.15) is 4.98 Å². The largest absolute Gasteiger partial charge is 0.334 e. The summed E-state index contributed by atoms with van der Waals surface area (Å²) < 4.78 is 6.47. The second-order valence-corrected chi connectivity index (χ2v) is 5.17. The van der Waals surface area contributed by atoms with Gasteiger partial charge in [-0.3, -0.25) is 9.59 Å². The quantitative estimate of drug-likeness (QED) is 0.776. The number of benzene rings is 1. The normalized spacial score (nSPS) is 10.5. The van der Waals surface area contributed by atoms with Crippen LogP contribution in [0.2, 0.25) is 0 Å². The first-order valence-corrected chi connectivity index (χ1v) is 7.54. The van der Waals surface area contributed by atoms with Crippen molar-refractivity contribution in [1.82, 2.24) is 14.7 Å². The van der Waals surface area contributed by atoms with Crippen LogP contribution in [-0.2, 0) is 17.8 Å². The fourth-order valence-corrected chi connectivity index (χ4v) is 2.17. The summed E-state index contributed by atoms with van der Waals surface area (Å²) in [5.41, 5.74) is 0.989. The number of nitrogens with zero attached hydrogens (tertiary/aromatic N) is 3. The van der Waals surface area contributed by atoms with Gasteiger partial charge in [0.05, 0.1) is 5.56 Å². The van der Waals surface area contributed by atoms with E-state index < -0.39 is 0 Å². The summed E-state index contributed by atoms with van der Waals surface area (Å²) in [6, 6.07) is 12.0. The fourth-order valence-electron chi connectivity index (χ4n) is 2.17. The first kappa shape index (κ1) is 15.7. The Labute approximate surface area is 137 Å². The lowest BCUT2D eigenvalue weighted by Crippen LogP contribution is -2.26. The van der Waals surface area contributed by atoms with E-state index in [4.69, 9.17) is 4.52 Å². The molecule has 0 saturated heterocycles. The van der Waals surface area contributed by atoms with Crippen LogP contribution in [0.15, 0.2) is 58.0 Å². The first-order valence-electron chi connectivity index (χ1n) is 7.54. The third-order valence-electron chi connectivity index (χ3n) is 3.39. The number of para-hydroxylation sites is 1. The Morgan fingerprint density at radius 1 is 1.21 bits per heavy atom. The summed E-state index contributed by atoms with van der Waals surface area (Å²) in [7, 11) is 0. The average Bonchev–Trinajstić information content (AvgIpc) is 3.07. The molecule has 122 valence electrons. The Morgan fingerprint density at radius 2 is 2.00 bits per heavy atom. The van der Waals surface area contributed by atoms with Gasteiger partial charge in [-0.05, 0) is 18.2 Å². The molecule has 1 amide bonds. The predicted molar refractivity (Wildman–Crippen MR) is 88.4 cm³/mol. The van der Waals surface area contributed by atoms with Crippen LogP contribution in [0.1, 0.15) is 12.7 Å². The maximum atomic E-state index is 12.1. The van der Waals surface area contributed by atoms with Crippen LogP contribution in [-0.4, -0.2) is 20.6 Å². The highest BCUT2D eigenvalue weighted by Gasteiger charge is 2.11. The molecule has 0 radical (unpaired) electrons. The Bertz CT molecular complexity index is 899. The van der Waals surface area contributed by atoms with E-state index in [-0.39, 0.29) is 18.0 Å². The second kappa shape index (κ2) is 6.91. The van der Waals surface area contributed by atoms with E-state index in [9.17, 15) is 9.59 Å². The molecule has 0 fully saturated rings. The molecule has 0 aliphatic carbocycles. The molecule has 1 N–H and O–H groups in total. The summed E-state index contributed by atoms with van der Waals surface area (Å²) >= 11 is 0. The summed E-state index contributed by atoms with van der Waals surface area (Å²) in [5, 5.41) is 6.57. The smallest absolute Gasteiger partial charge is 0.259 e. The third kappa shape index (κ3) is 3.57. The number of rotatable bonds is 5. The Balaban J connectivity index is 1.79. The zero-order valence-electron chi connectivity index (χ0n) is 13.1. The summed E-state index contributed by atoms with van der Waals surface area (Å²) in [4.78, 5) is 28.3. The number of hydrogen-bond acceptors (Lipinski definition) is 5. The van der Waals surface area contributed by atoms with E-state index in [0.29, 0.717) is 29.4 Å². The second-order valence-electron chi connectivity index (χ2n) is 5.17. The van der Waals surface area contributed by atoms with Crippen LogP contribution in [0.4, 0.5) is 5.69 Å². The number of aromatic nitrogens is 3.